The van der Waals surface area contributed by atoms with Crippen LogP contribution < -0.4 is 15.8 Å². The Kier molecular flexibility index (Phi) is 7.38. The second-order valence-electron chi connectivity index (χ2n) is 6.59. The maximum Gasteiger partial charge on any atom is 0.242 e. The molecule has 0 saturated heterocycles. The van der Waals surface area contributed by atoms with E-state index in [-0.39, 0.29) is 5.92 Å². The molecule has 126 valence electrons. The lowest BCUT2D eigenvalue weighted by Gasteiger charge is -2.16. The highest BCUT2D eigenvalue weighted by Crippen LogP contribution is 2.28. The maximum absolute atomic E-state index is 6.16. The van der Waals surface area contributed by atoms with Crippen molar-refractivity contribution in [2.24, 2.45) is 5.92 Å². The highest BCUT2D eigenvalue weighted by molar-refractivity contribution is 5.67. The molecule has 6 heteroatoms. The summed E-state index contributed by atoms with van der Waals surface area (Å²) in [5.41, 5.74) is 6.65. The first-order chi connectivity index (χ1) is 10.3. The number of ether oxygens (including phenoxy) is 1. The molecular weight excluding hydrogens is 278 g/mol. The quantitative estimate of drug-likeness (QED) is 0.683. The van der Waals surface area contributed by atoms with E-state index in [1.165, 1.54) is 0 Å². The van der Waals surface area contributed by atoms with Crippen molar-refractivity contribution in [2.45, 2.75) is 40.0 Å². The molecule has 0 aliphatic rings. The summed E-state index contributed by atoms with van der Waals surface area (Å²) in [5, 5.41) is 3.31. The summed E-state index contributed by atoms with van der Waals surface area (Å²) < 4.78 is 5.75. The smallest absolute Gasteiger partial charge is 0.242 e. The van der Waals surface area contributed by atoms with E-state index in [9.17, 15) is 0 Å². The van der Waals surface area contributed by atoms with Gasteiger partial charge in [-0.1, -0.05) is 27.7 Å². The summed E-state index contributed by atoms with van der Waals surface area (Å²) >= 11 is 0. The summed E-state index contributed by atoms with van der Waals surface area (Å²) in [6.07, 6.45) is 1.02. The van der Waals surface area contributed by atoms with Gasteiger partial charge in [0.25, 0.3) is 0 Å². The summed E-state index contributed by atoms with van der Waals surface area (Å²) in [6, 6.07) is 0. The van der Waals surface area contributed by atoms with Crippen LogP contribution in [-0.4, -0.2) is 48.7 Å². The lowest BCUT2D eigenvalue weighted by molar-refractivity contribution is 0.261. The Balaban J connectivity index is 2.84. The fourth-order valence-corrected chi connectivity index (χ4v) is 1.82. The Bertz CT molecular complexity index is 460. The molecule has 22 heavy (non-hydrogen) atoms. The first kappa shape index (κ1) is 18.5. The second kappa shape index (κ2) is 8.78. The number of nitrogens with two attached hydrogens (primary N) is 1. The topological polar surface area (TPSA) is 76.3 Å². The van der Waals surface area contributed by atoms with Crippen LogP contribution in [0.25, 0.3) is 0 Å². The van der Waals surface area contributed by atoms with Crippen molar-refractivity contribution in [1.29, 1.82) is 0 Å². The van der Waals surface area contributed by atoms with E-state index in [1.54, 1.807) is 0 Å². The van der Waals surface area contributed by atoms with Gasteiger partial charge >= 0.3 is 0 Å². The molecule has 0 saturated carbocycles. The molecule has 0 unspecified atom stereocenters. The zero-order chi connectivity index (χ0) is 16.7. The van der Waals surface area contributed by atoms with Crippen LogP contribution in [-0.2, 0) is 0 Å². The van der Waals surface area contributed by atoms with Gasteiger partial charge in [0.1, 0.15) is 11.5 Å². The number of nitrogen functional groups attached to an aromatic ring is 1. The molecule has 0 aliphatic heterocycles. The first-order valence-corrected chi connectivity index (χ1v) is 8.00. The Morgan fingerprint density at radius 2 is 1.86 bits per heavy atom. The van der Waals surface area contributed by atoms with Crippen LogP contribution in [0.2, 0.25) is 0 Å². The highest BCUT2D eigenvalue weighted by atomic mass is 16.5. The normalized spacial score (nSPS) is 11.5. The SMILES string of the molecule is CC(C)COc1nc(C(C)C)nc(NCCCN(C)C)c1N. The Hall–Kier alpha value is -1.56. The molecule has 0 spiro atoms. The van der Waals surface area contributed by atoms with E-state index in [2.05, 4.69) is 62.0 Å². The van der Waals surface area contributed by atoms with Gasteiger partial charge < -0.3 is 20.7 Å². The van der Waals surface area contributed by atoms with Gasteiger partial charge in [0.2, 0.25) is 5.88 Å². The molecule has 1 heterocycles. The third-order valence-corrected chi connectivity index (χ3v) is 3.07. The van der Waals surface area contributed by atoms with Crippen LogP contribution in [0.4, 0.5) is 11.5 Å². The lowest BCUT2D eigenvalue weighted by atomic mass is 10.2. The van der Waals surface area contributed by atoms with Crippen molar-refractivity contribution < 1.29 is 4.74 Å². The molecule has 0 amide bonds. The molecule has 1 aromatic rings. The number of nitrogens with one attached hydrogen (secondary N) is 1. The number of rotatable bonds is 9. The van der Waals surface area contributed by atoms with Crippen LogP contribution in [0.5, 0.6) is 5.88 Å². The fraction of sp³-hybridized carbons (Fsp3) is 0.750. The van der Waals surface area contributed by atoms with Gasteiger partial charge in [0.15, 0.2) is 5.82 Å². The molecule has 6 nitrogen and oxygen atoms in total. The van der Waals surface area contributed by atoms with E-state index in [0.717, 1.165) is 25.3 Å². The molecule has 3 N–H and O–H groups in total. The van der Waals surface area contributed by atoms with Gasteiger partial charge in [-0.3, -0.25) is 0 Å². The minimum Gasteiger partial charge on any atom is -0.476 e. The monoisotopic (exact) mass is 309 g/mol. The van der Waals surface area contributed by atoms with Crippen LogP contribution in [0.15, 0.2) is 0 Å². The number of hydrogen-bond acceptors (Lipinski definition) is 6. The molecule has 1 aromatic heterocycles. The average Bonchev–Trinajstić information content (AvgIpc) is 2.43. The van der Waals surface area contributed by atoms with Gasteiger partial charge in [0.05, 0.1) is 6.61 Å². The molecule has 0 aliphatic carbocycles. The van der Waals surface area contributed by atoms with E-state index in [4.69, 9.17) is 10.5 Å². The van der Waals surface area contributed by atoms with Crippen molar-refractivity contribution in [3.8, 4) is 5.88 Å². The summed E-state index contributed by atoms with van der Waals surface area (Å²) in [6.45, 7) is 10.8. The van der Waals surface area contributed by atoms with Crippen molar-refractivity contribution in [3.63, 3.8) is 0 Å². The highest BCUT2D eigenvalue weighted by Gasteiger charge is 2.15. The largest absolute Gasteiger partial charge is 0.476 e. The zero-order valence-electron chi connectivity index (χ0n) is 14.8. The van der Waals surface area contributed by atoms with Gasteiger partial charge in [-0.2, -0.15) is 4.98 Å². The third kappa shape index (κ3) is 6.05. The molecule has 0 aromatic carbocycles. The average molecular weight is 309 g/mol. The predicted octanol–water partition coefficient (Wildman–Crippen LogP) is 2.58. The predicted molar refractivity (Wildman–Crippen MR) is 92.5 cm³/mol. The van der Waals surface area contributed by atoms with E-state index >= 15 is 0 Å². The second-order valence-corrected chi connectivity index (χ2v) is 6.59. The van der Waals surface area contributed by atoms with E-state index in [0.29, 0.717) is 29.9 Å². The van der Waals surface area contributed by atoms with Crippen molar-refractivity contribution >= 4 is 11.5 Å². The molecule has 0 bridgehead atoms. The number of anilines is 2. The third-order valence-electron chi connectivity index (χ3n) is 3.07. The van der Waals surface area contributed by atoms with Gasteiger partial charge in [-0.25, -0.2) is 4.98 Å². The number of nitrogens with zero attached hydrogens (tertiary/aromatic N) is 3. The molecule has 1 rings (SSSR count). The number of aromatic nitrogens is 2. The zero-order valence-corrected chi connectivity index (χ0v) is 14.8. The molecule has 0 fully saturated rings. The Morgan fingerprint density at radius 3 is 2.41 bits per heavy atom. The van der Waals surface area contributed by atoms with Crippen LogP contribution in [0, 0.1) is 5.92 Å². The first-order valence-electron chi connectivity index (χ1n) is 8.00. The number of hydrogen-bond donors (Lipinski definition) is 2. The Morgan fingerprint density at radius 1 is 1.18 bits per heavy atom. The van der Waals surface area contributed by atoms with Crippen LogP contribution in [0.3, 0.4) is 0 Å². The van der Waals surface area contributed by atoms with E-state index < -0.39 is 0 Å². The molecular formula is C16H31N5O. The van der Waals surface area contributed by atoms with Gasteiger partial charge in [-0.15, -0.1) is 0 Å². The summed E-state index contributed by atoms with van der Waals surface area (Å²) in [4.78, 5) is 11.1. The summed E-state index contributed by atoms with van der Waals surface area (Å²) in [5.74, 6) is 2.57. The van der Waals surface area contributed by atoms with Crippen LogP contribution in [0.1, 0.15) is 45.9 Å². The minimum absolute atomic E-state index is 0.226. The standard InChI is InChI=1S/C16H31N5O/c1-11(2)10-22-16-13(17)15(18-8-7-9-21(5)6)19-14(20-16)12(3)4/h11-12H,7-10,17H2,1-6H3,(H,18,19,20). The minimum atomic E-state index is 0.226. The summed E-state index contributed by atoms with van der Waals surface area (Å²) in [7, 11) is 4.13. The van der Waals surface area contributed by atoms with Gasteiger partial charge in [-0.05, 0) is 33.0 Å². The Labute approximate surface area is 134 Å². The van der Waals surface area contributed by atoms with Crippen molar-refractivity contribution in [1.82, 2.24) is 14.9 Å². The maximum atomic E-state index is 6.16. The van der Waals surface area contributed by atoms with Crippen molar-refractivity contribution in [3.05, 3.63) is 5.82 Å². The molecule has 0 radical (unpaired) electrons. The van der Waals surface area contributed by atoms with Crippen molar-refractivity contribution in [2.75, 3.05) is 44.8 Å². The van der Waals surface area contributed by atoms with E-state index in [1.807, 2.05) is 0 Å². The molecule has 0 atom stereocenters. The van der Waals surface area contributed by atoms with Crippen LogP contribution >= 0.6 is 0 Å². The lowest BCUT2D eigenvalue weighted by Crippen LogP contribution is -2.18. The van der Waals surface area contributed by atoms with Gasteiger partial charge in [0, 0.05) is 12.5 Å². The fourth-order valence-electron chi connectivity index (χ4n) is 1.82.